The summed E-state index contributed by atoms with van der Waals surface area (Å²) in [5.41, 5.74) is -1.07. The Morgan fingerprint density at radius 1 is 1.23 bits per heavy atom. The summed E-state index contributed by atoms with van der Waals surface area (Å²) in [4.78, 5) is -0.437. The zero-order chi connectivity index (χ0) is 16.5. The fourth-order valence-corrected chi connectivity index (χ4v) is 4.20. The van der Waals surface area contributed by atoms with Crippen molar-refractivity contribution >= 4 is 21.6 Å². The van der Waals surface area contributed by atoms with Crippen molar-refractivity contribution in [2.75, 3.05) is 20.1 Å². The molecule has 1 aromatic carbocycles. The highest BCUT2D eigenvalue weighted by molar-refractivity contribution is 7.89. The van der Waals surface area contributed by atoms with E-state index >= 15 is 0 Å². The molecule has 1 heterocycles. The molecular weight excluding hydrogens is 341 g/mol. The second-order valence-corrected chi connectivity index (χ2v) is 7.61. The molecule has 0 aromatic heterocycles. The van der Waals surface area contributed by atoms with Crippen molar-refractivity contribution in [3.05, 3.63) is 28.8 Å². The van der Waals surface area contributed by atoms with Gasteiger partial charge in [-0.05, 0) is 44.1 Å². The van der Waals surface area contributed by atoms with Gasteiger partial charge in [0.05, 0.1) is 10.5 Å². The lowest BCUT2D eigenvalue weighted by molar-refractivity contribution is -0.137. The predicted molar refractivity (Wildman–Crippen MR) is 77.3 cm³/mol. The molecule has 0 atom stereocenters. The second kappa shape index (κ2) is 6.35. The minimum absolute atomic E-state index is 0.237. The molecule has 1 saturated heterocycles. The molecular formula is C13H16ClF3N2O2S. The van der Waals surface area contributed by atoms with Crippen LogP contribution in [0.5, 0.6) is 0 Å². The van der Waals surface area contributed by atoms with Crippen LogP contribution in [-0.2, 0) is 16.2 Å². The van der Waals surface area contributed by atoms with Crippen LogP contribution < -0.4 is 5.32 Å². The van der Waals surface area contributed by atoms with Gasteiger partial charge < -0.3 is 5.32 Å². The van der Waals surface area contributed by atoms with Gasteiger partial charge in [0.15, 0.2) is 0 Å². The third-order valence-corrected chi connectivity index (χ3v) is 5.80. The monoisotopic (exact) mass is 356 g/mol. The first-order valence-electron chi connectivity index (χ1n) is 6.69. The quantitative estimate of drug-likeness (QED) is 0.906. The number of nitrogens with zero attached hydrogens (tertiary/aromatic N) is 1. The van der Waals surface area contributed by atoms with E-state index in [2.05, 4.69) is 5.32 Å². The molecule has 0 bridgehead atoms. The number of halogens is 4. The van der Waals surface area contributed by atoms with E-state index in [0.29, 0.717) is 38.1 Å². The fraction of sp³-hybridized carbons (Fsp3) is 0.538. The van der Waals surface area contributed by atoms with Crippen LogP contribution in [0.25, 0.3) is 0 Å². The highest BCUT2D eigenvalue weighted by Crippen LogP contribution is 2.34. The topological polar surface area (TPSA) is 49.4 Å². The summed E-state index contributed by atoms with van der Waals surface area (Å²) in [6.45, 7) is 1.35. The van der Waals surface area contributed by atoms with Crippen LogP contribution in [0.3, 0.4) is 0 Å². The van der Waals surface area contributed by atoms with Crippen molar-refractivity contribution in [2.45, 2.75) is 30.0 Å². The summed E-state index contributed by atoms with van der Waals surface area (Å²) in [5.74, 6) is 0. The largest absolute Gasteiger partial charge is 0.416 e. The zero-order valence-electron chi connectivity index (χ0n) is 11.8. The van der Waals surface area contributed by atoms with Crippen molar-refractivity contribution in [3.63, 3.8) is 0 Å². The zero-order valence-corrected chi connectivity index (χ0v) is 13.4. The van der Waals surface area contributed by atoms with Crippen LogP contribution in [0.4, 0.5) is 13.2 Å². The highest BCUT2D eigenvalue weighted by atomic mass is 35.5. The van der Waals surface area contributed by atoms with Crippen LogP contribution in [0.2, 0.25) is 5.02 Å². The number of benzene rings is 1. The highest BCUT2D eigenvalue weighted by Gasteiger charge is 2.34. The van der Waals surface area contributed by atoms with Gasteiger partial charge in [-0.1, -0.05) is 11.6 Å². The number of sulfonamides is 1. The normalized spacial score (nSPS) is 17.9. The van der Waals surface area contributed by atoms with Crippen molar-refractivity contribution in [2.24, 2.45) is 0 Å². The van der Waals surface area contributed by atoms with Crippen LogP contribution in [0.15, 0.2) is 23.1 Å². The molecule has 0 saturated carbocycles. The van der Waals surface area contributed by atoms with Gasteiger partial charge in [-0.15, -0.1) is 0 Å². The molecule has 0 spiro atoms. The average Bonchev–Trinajstić information content (AvgIpc) is 2.45. The van der Waals surface area contributed by atoms with E-state index in [0.717, 1.165) is 10.4 Å². The lowest BCUT2D eigenvalue weighted by Gasteiger charge is -2.31. The summed E-state index contributed by atoms with van der Waals surface area (Å²) in [5, 5.41) is 2.85. The van der Waals surface area contributed by atoms with Gasteiger partial charge in [0, 0.05) is 18.1 Å². The molecule has 0 aliphatic carbocycles. The Morgan fingerprint density at radius 2 is 1.82 bits per heavy atom. The summed E-state index contributed by atoms with van der Waals surface area (Å²) < 4.78 is 64.7. The maximum Gasteiger partial charge on any atom is 0.416 e. The molecule has 0 radical (unpaired) electrons. The first-order valence-corrected chi connectivity index (χ1v) is 8.51. The van der Waals surface area contributed by atoms with Crippen molar-refractivity contribution < 1.29 is 21.6 Å². The summed E-state index contributed by atoms with van der Waals surface area (Å²) >= 11 is 5.66. The van der Waals surface area contributed by atoms with Crippen LogP contribution in [0, 0.1) is 0 Å². The van der Waals surface area contributed by atoms with Crippen molar-refractivity contribution in [3.8, 4) is 0 Å². The summed E-state index contributed by atoms with van der Waals surface area (Å²) in [7, 11) is -2.63. The Balaban J connectivity index is 2.38. The van der Waals surface area contributed by atoms with Gasteiger partial charge in [-0.3, -0.25) is 0 Å². The van der Waals surface area contributed by atoms with Gasteiger partial charge >= 0.3 is 6.18 Å². The van der Waals surface area contributed by atoms with Crippen LogP contribution in [0.1, 0.15) is 18.4 Å². The Hall–Kier alpha value is -0.830. The standard InChI is InChI=1S/C13H16ClF3N2O2S/c1-19(11-2-4-18-5-3-11)22(20,21)12-7-9(13(15,16)17)6-10(14)8-12/h6-8,11,18H,2-5H2,1H3. The predicted octanol–water partition coefficient (Wildman–Crippen LogP) is 2.73. The molecule has 1 aliphatic heterocycles. The second-order valence-electron chi connectivity index (χ2n) is 5.18. The first kappa shape index (κ1) is 17.5. The fourth-order valence-electron chi connectivity index (χ4n) is 2.41. The van der Waals surface area contributed by atoms with E-state index < -0.39 is 26.7 Å². The number of nitrogens with one attached hydrogen (secondary N) is 1. The molecule has 1 fully saturated rings. The minimum Gasteiger partial charge on any atom is -0.317 e. The smallest absolute Gasteiger partial charge is 0.317 e. The van der Waals surface area contributed by atoms with Gasteiger partial charge in [-0.25, -0.2) is 8.42 Å². The van der Waals surface area contributed by atoms with E-state index in [1.54, 1.807) is 0 Å². The first-order chi connectivity index (χ1) is 10.1. The average molecular weight is 357 g/mol. The molecule has 0 unspecified atom stereocenters. The van der Waals surface area contributed by atoms with E-state index in [1.165, 1.54) is 7.05 Å². The Kier molecular flexibility index (Phi) is 5.06. The maximum absolute atomic E-state index is 12.8. The maximum atomic E-state index is 12.8. The summed E-state index contributed by atoms with van der Waals surface area (Å²) in [6, 6.07) is 2.15. The van der Waals surface area contributed by atoms with Crippen LogP contribution in [-0.4, -0.2) is 38.9 Å². The van der Waals surface area contributed by atoms with Gasteiger partial charge in [0.25, 0.3) is 0 Å². The number of piperidine rings is 1. The van der Waals surface area contributed by atoms with E-state index in [1.807, 2.05) is 0 Å². The Labute approximate surface area is 132 Å². The molecule has 4 nitrogen and oxygen atoms in total. The van der Waals surface area contributed by atoms with Gasteiger partial charge in [-0.2, -0.15) is 17.5 Å². The molecule has 1 N–H and O–H groups in total. The molecule has 9 heteroatoms. The Morgan fingerprint density at radius 3 is 2.36 bits per heavy atom. The number of hydrogen-bond donors (Lipinski definition) is 1. The van der Waals surface area contributed by atoms with Gasteiger partial charge in [0.2, 0.25) is 10.0 Å². The third-order valence-electron chi connectivity index (χ3n) is 3.70. The lowest BCUT2D eigenvalue weighted by atomic mass is 10.1. The minimum atomic E-state index is -4.65. The molecule has 1 aliphatic rings. The number of hydrogen-bond acceptors (Lipinski definition) is 3. The van der Waals surface area contributed by atoms with Crippen LogP contribution >= 0.6 is 11.6 Å². The lowest BCUT2D eigenvalue weighted by Crippen LogP contribution is -2.43. The Bertz CT molecular complexity index is 643. The molecule has 2 rings (SSSR count). The molecule has 0 amide bonds. The van der Waals surface area contributed by atoms with E-state index in [4.69, 9.17) is 11.6 Å². The SMILES string of the molecule is CN(C1CCNCC1)S(=O)(=O)c1cc(Cl)cc(C(F)(F)F)c1. The van der Waals surface area contributed by atoms with E-state index in [-0.39, 0.29) is 11.1 Å². The molecule has 124 valence electrons. The number of rotatable bonds is 3. The van der Waals surface area contributed by atoms with Gasteiger partial charge in [0.1, 0.15) is 0 Å². The molecule has 1 aromatic rings. The van der Waals surface area contributed by atoms with Crippen molar-refractivity contribution in [1.82, 2.24) is 9.62 Å². The van der Waals surface area contributed by atoms with E-state index in [9.17, 15) is 21.6 Å². The molecule has 22 heavy (non-hydrogen) atoms. The number of alkyl halides is 3. The third kappa shape index (κ3) is 3.73. The van der Waals surface area contributed by atoms with Crippen molar-refractivity contribution in [1.29, 1.82) is 0 Å². The summed E-state index contributed by atoms with van der Waals surface area (Å²) in [6.07, 6.45) is -3.42.